The second-order valence-electron chi connectivity index (χ2n) is 10.7. The molecule has 3 amide bonds. The summed E-state index contributed by atoms with van der Waals surface area (Å²) in [5, 5.41) is 3.27. The molecule has 1 fully saturated rings. The van der Waals surface area contributed by atoms with Crippen molar-refractivity contribution in [1.82, 2.24) is 24.1 Å². The van der Waals surface area contributed by atoms with E-state index in [1.165, 1.54) is 23.1 Å². The SMILES string of the molecule is Cn1c([C@@H](C(=O)NC[C@H]2CCCO2)N(Cc2ccccc2Cl)C(=O)CN2C(=O)c3ccccc3S2(=O)=O)nc2ccccc21. The van der Waals surface area contributed by atoms with Gasteiger partial charge in [-0.1, -0.05) is 54.1 Å². The van der Waals surface area contributed by atoms with Gasteiger partial charge in [0.1, 0.15) is 17.3 Å². The third-order valence-corrected chi connectivity index (χ3v) is 10.1. The second kappa shape index (κ2) is 12.0. The van der Waals surface area contributed by atoms with E-state index in [9.17, 15) is 22.8 Å². The Labute approximate surface area is 259 Å². The van der Waals surface area contributed by atoms with E-state index in [2.05, 4.69) is 5.32 Å². The fourth-order valence-corrected chi connectivity index (χ4v) is 7.37. The Morgan fingerprint density at radius 3 is 2.55 bits per heavy atom. The Kier molecular flexibility index (Phi) is 8.14. The monoisotopic (exact) mass is 635 g/mol. The third-order valence-electron chi connectivity index (χ3n) is 7.96. The summed E-state index contributed by atoms with van der Waals surface area (Å²) in [7, 11) is -2.55. The number of para-hydroxylation sites is 2. The number of aryl methyl sites for hydroxylation is 1. The Hall–Kier alpha value is -4.26. The minimum absolute atomic E-state index is 0.0147. The molecule has 44 heavy (non-hydrogen) atoms. The van der Waals surface area contributed by atoms with Crippen LogP contribution in [0.3, 0.4) is 0 Å². The smallest absolute Gasteiger partial charge is 0.269 e. The van der Waals surface area contributed by atoms with Crippen molar-refractivity contribution in [2.24, 2.45) is 7.05 Å². The largest absolute Gasteiger partial charge is 0.376 e. The first-order chi connectivity index (χ1) is 21.2. The molecule has 0 saturated carbocycles. The zero-order valence-electron chi connectivity index (χ0n) is 23.9. The van der Waals surface area contributed by atoms with Crippen molar-refractivity contribution >= 4 is 50.4 Å². The number of imidazole rings is 1. The van der Waals surface area contributed by atoms with Crippen molar-refractivity contribution in [3.8, 4) is 0 Å². The number of hydrogen-bond acceptors (Lipinski definition) is 7. The summed E-state index contributed by atoms with van der Waals surface area (Å²) in [6.45, 7) is -0.150. The topological polar surface area (TPSA) is 131 Å². The molecule has 0 bridgehead atoms. The predicted octanol–water partition coefficient (Wildman–Crippen LogP) is 3.44. The maximum Gasteiger partial charge on any atom is 0.269 e. The van der Waals surface area contributed by atoms with Crippen LogP contribution in [0.15, 0.2) is 77.7 Å². The number of fused-ring (bicyclic) bond motifs is 2. The highest BCUT2D eigenvalue weighted by molar-refractivity contribution is 7.90. The van der Waals surface area contributed by atoms with Crippen LogP contribution in [0.5, 0.6) is 0 Å². The van der Waals surface area contributed by atoms with E-state index in [1.807, 2.05) is 18.2 Å². The van der Waals surface area contributed by atoms with Crippen LogP contribution in [0.25, 0.3) is 11.0 Å². The highest BCUT2D eigenvalue weighted by Crippen LogP contribution is 2.32. The molecule has 6 rings (SSSR count). The quantitative estimate of drug-likeness (QED) is 0.298. The van der Waals surface area contributed by atoms with Gasteiger partial charge in [0, 0.05) is 31.8 Å². The lowest BCUT2D eigenvalue weighted by Crippen LogP contribution is -2.49. The van der Waals surface area contributed by atoms with Crippen molar-refractivity contribution in [1.29, 1.82) is 0 Å². The molecule has 0 spiro atoms. The molecule has 13 heteroatoms. The lowest BCUT2D eigenvalue weighted by molar-refractivity contribution is -0.142. The van der Waals surface area contributed by atoms with Gasteiger partial charge in [0.15, 0.2) is 6.04 Å². The number of hydrogen-bond donors (Lipinski definition) is 1. The van der Waals surface area contributed by atoms with Crippen molar-refractivity contribution < 1.29 is 27.5 Å². The zero-order valence-corrected chi connectivity index (χ0v) is 25.4. The summed E-state index contributed by atoms with van der Waals surface area (Å²) in [5.74, 6) is -1.86. The minimum Gasteiger partial charge on any atom is -0.376 e. The average molecular weight is 636 g/mol. The fourth-order valence-electron chi connectivity index (χ4n) is 5.66. The molecule has 228 valence electrons. The molecule has 11 nitrogen and oxygen atoms in total. The van der Waals surface area contributed by atoms with Crippen LogP contribution in [0.1, 0.15) is 40.6 Å². The molecule has 0 aliphatic carbocycles. The number of aromatic nitrogens is 2. The first-order valence-corrected chi connectivity index (χ1v) is 16.0. The number of amides is 3. The second-order valence-corrected chi connectivity index (χ2v) is 13.0. The van der Waals surface area contributed by atoms with Gasteiger partial charge in [0.2, 0.25) is 5.91 Å². The lowest BCUT2D eigenvalue weighted by atomic mass is 10.1. The summed E-state index contributed by atoms with van der Waals surface area (Å²) < 4.78 is 34.7. The lowest BCUT2D eigenvalue weighted by Gasteiger charge is -2.32. The summed E-state index contributed by atoms with van der Waals surface area (Å²) in [6, 6.07) is 18.7. The molecule has 2 aliphatic heterocycles. The van der Waals surface area contributed by atoms with E-state index in [0.717, 1.165) is 18.4 Å². The number of benzene rings is 3. The predicted molar refractivity (Wildman–Crippen MR) is 162 cm³/mol. The van der Waals surface area contributed by atoms with Crippen LogP contribution in [-0.2, 0) is 37.9 Å². The van der Waals surface area contributed by atoms with Gasteiger partial charge in [-0.25, -0.2) is 17.7 Å². The molecule has 1 aromatic heterocycles. The third kappa shape index (κ3) is 5.44. The zero-order chi connectivity index (χ0) is 31.0. The molecular weight excluding hydrogens is 606 g/mol. The molecule has 0 unspecified atom stereocenters. The van der Waals surface area contributed by atoms with Gasteiger partial charge < -0.3 is 19.5 Å². The Morgan fingerprint density at radius 2 is 1.82 bits per heavy atom. The van der Waals surface area contributed by atoms with Crippen molar-refractivity contribution in [3.05, 3.63) is 94.8 Å². The van der Waals surface area contributed by atoms with E-state index >= 15 is 0 Å². The number of carbonyl (C=O) groups excluding carboxylic acids is 3. The maximum atomic E-state index is 14.3. The van der Waals surface area contributed by atoms with Crippen molar-refractivity contribution in [3.63, 3.8) is 0 Å². The first-order valence-electron chi connectivity index (χ1n) is 14.2. The maximum absolute atomic E-state index is 14.3. The number of nitrogens with one attached hydrogen (secondary N) is 1. The molecule has 4 aromatic rings. The molecule has 2 aliphatic rings. The number of rotatable bonds is 9. The molecule has 1 saturated heterocycles. The average Bonchev–Trinajstić information content (AvgIpc) is 3.71. The number of halogens is 1. The fraction of sp³-hybridized carbons (Fsp3) is 0.290. The van der Waals surface area contributed by atoms with Gasteiger partial charge in [-0.15, -0.1) is 0 Å². The Bertz CT molecular complexity index is 1870. The highest BCUT2D eigenvalue weighted by Gasteiger charge is 2.44. The van der Waals surface area contributed by atoms with E-state index in [1.54, 1.807) is 48.0 Å². The molecule has 3 aromatic carbocycles. The summed E-state index contributed by atoms with van der Waals surface area (Å²) in [4.78, 5) is 47.4. The van der Waals surface area contributed by atoms with Crippen molar-refractivity contribution in [2.75, 3.05) is 19.7 Å². The van der Waals surface area contributed by atoms with Crippen LogP contribution in [0.2, 0.25) is 5.02 Å². The van der Waals surface area contributed by atoms with Crippen LogP contribution in [0.4, 0.5) is 0 Å². The van der Waals surface area contributed by atoms with E-state index in [4.69, 9.17) is 21.3 Å². The van der Waals surface area contributed by atoms with E-state index in [0.29, 0.717) is 27.0 Å². The minimum atomic E-state index is -4.29. The molecule has 0 radical (unpaired) electrons. The Balaban J connectivity index is 1.42. The van der Waals surface area contributed by atoms with E-state index < -0.39 is 40.3 Å². The van der Waals surface area contributed by atoms with Crippen LogP contribution in [0, 0.1) is 0 Å². The standard InChI is InChI=1S/C31H30ClN5O6S/c1-35-25-14-6-5-13-24(25)34-29(35)28(30(39)33-17-21-10-8-16-43-21)36(18-20-9-2-4-12-23(20)32)27(38)19-37-31(40)22-11-3-7-15-26(22)44(37,41)42/h2-7,9,11-15,21,28H,8,10,16-19H2,1H3,(H,33,39)/t21-,28+/m1/s1. The van der Waals surface area contributed by atoms with Gasteiger partial charge >= 0.3 is 0 Å². The van der Waals surface area contributed by atoms with E-state index in [-0.39, 0.29) is 35.5 Å². The van der Waals surface area contributed by atoms with Gasteiger partial charge in [0.05, 0.1) is 22.7 Å². The van der Waals surface area contributed by atoms with Crippen LogP contribution < -0.4 is 5.32 Å². The normalized spacial score (nSPS) is 17.9. The molecule has 2 atom stereocenters. The number of carbonyl (C=O) groups is 3. The van der Waals surface area contributed by atoms with Crippen LogP contribution >= 0.6 is 11.6 Å². The summed E-state index contributed by atoms with van der Waals surface area (Å²) in [5.41, 5.74) is 1.85. The molecule has 3 heterocycles. The Morgan fingerprint density at radius 1 is 1.09 bits per heavy atom. The number of ether oxygens (including phenoxy) is 1. The van der Waals surface area contributed by atoms with Gasteiger partial charge in [-0.3, -0.25) is 14.4 Å². The van der Waals surface area contributed by atoms with Gasteiger partial charge in [-0.2, -0.15) is 0 Å². The van der Waals surface area contributed by atoms with Gasteiger partial charge in [0.25, 0.3) is 21.8 Å². The number of sulfonamides is 1. The number of nitrogens with zero attached hydrogens (tertiary/aromatic N) is 4. The van der Waals surface area contributed by atoms with Crippen molar-refractivity contribution in [2.45, 2.75) is 36.4 Å². The summed E-state index contributed by atoms with van der Waals surface area (Å²) in [6.07, 6.45) is 1.50. The molecular formula is C31H30ClN5O6S. The highest BCUT2D eigenvalue weighted by atomic mass is 35.5. The van der Waals surface area contributed by atoms with Crippen LogP contribution in [-0.4, -0.2) is 70.7 Å². The molecule has 1 N–H and O–H groups in total. The summed E-state index contributed by atoms with van der Waals surface area (Å²) >= 11 is 6.51. The van der Waals surface area contributed by atoms with Gasteiger partial charge in [-0.05, 0) is 48.7 Å². The first kappa shape index (κ1) is 29.8.